The Morgan fingerprint density at radius 3 is 3.16 bits per heavy atom. The number of likely N-dealkylation sites (N-methyl/N-ethyl adjacent to an activating group) is 1. The Labute approximate surface area is 112 Å². The monoisotopic (exact) mass is 260 g/mol. The Morgan fingerprint density at radius 2 is 2.42 bits per heavy atom. The van der Waals surface area contributed by atoms with Crippen molar-refractivity contribution < 1.29 is 14.4 Å². The molecule has 0 unspecified atom stereocenters. The van der Waals surface area contributed by atoms with E-state index in [9.17, 15) is 4.79 Å². The van der Waals surface area contributed by atoms with Gasteiger partial charge < -0.3 is 14.5 Å². The van der Waals surface area contributed by atoms with E-state index in [4.69, 9.17) is 9.57 Å². The average Bonchev–Trinajstić information content (AvgIpc) is 2.43. The highest BCUT2D eigenvalue weighted by Gasteiger charge is 2.22. The lowest BCUT2D eigenvalue weighted by Crippen LogP contribution is -2.35. The van der Waals surface area contributed by atoms with Crippen molar-refractivity contribution in [2.45, 2.75) is 6.92 Å². The highest BCUT2D eigenvalue weighted by atomic mass is 16.6. The van der Waals surface area contributed by atoms with Gasteiger partial charge in [-0.1, -0.05) is 17.8 Å². The normalized spacial score (nSPS) is 14.7. The molecule has 0 aliphatic carbocycles. The maximum atomic E-state index is 11.6. The molecule has 1 aromatic rings. The molecule has 1 amide bonds. The van der Waals surface area contributed by atoms with Gasteiger partial charge in [-0.3, -0.25) is 4.79 Å². The minimum atomic E-state index is -0.0675. The van der Waals surface area contributed by atoms with Gasteiger partial charge in [-0.25, -0.2) is 0 Å². The number of carbonyl (C=O) groups is 1. The van der Waals surface area contributed by atoms with Gasteiger partial charge in [0.15, 0.2) is 6.61 Å². The predicted octanol–water partition coefficient (Wildman–Crippen LogP) is 1.97. The molecular weight excluding hydrogens is 244 g/mol. The number of rotatable bonds is 4. The van der Waals surface area contributed by atoms with Gasteiger partial charge >= 0.3 is 0 Å². The fourth-order valence-corrected chi connectivity index (χ4v) is 1.74. The largest absolute Gasteiger partial charge is 0.482 e. The summed E-state index contributed by atoms with van der Waals surface area (Å²) in [6.45, 7) is 5.84. The van der Waals surface area contributed by atoms with Crippen molar-refractivity contribution in [1.29, 1.82) is 0 Å². The van der Waals surface area contributed by atoms with Gasteiger partial charge in [-0.2, -0.15) is 0 Å². The van der Waals surface area contributed by atoms with Gasteiger partial charge in [0.2, 0.25) is 0 Å². The van der Waals surface area contributed by atoms with E-state index in [1.165, 1.54) is 0 Å². The van der Waals surface area contributed by atoms with E-state index in [2.05, 4.69) is 11.7 Å². The molecule has 2 rings (SSSR count). The Morgan fingerprint density at radius 1 is 1.63 bits per heavy atom. The van der Waals surface area contributed by atoms with Crippen molar-refractivity contribution in [2.75, 3.05) is 25.2 Å². The lowest BCUT2D eigenvalue weighted by molar-refractivity contribution is -0.120. The minimum absolute atomic E-state index is 0.0675. The second kappa shape index (κ2) is 5.56. The standard InChI is InChI=1S/C14H16N2O3/c1-4-7-19-15-10(2)11-5-6-13-12(8-11)16(3)14(17)9-18-13/h4-6,8H,1,7,9H2,2-3H3/b15-10+. The van der Waals surface area contributed by atoms with Crippen LogP contribution >= 0.6 is 0 Å². The molecule has 1 heterocycles. The molecule has 1 aliphatic heterocycles. The summed E-state index contributed by atoms with van der Waals surface area (Å²) in [6, 6.07) is 5.58. The van der Waals surface area contributed by atoms with Crippen LogP contribution in [0.25, 0.3) is 0 Å². The lowest BCUT2D eigenvalue weighted by atomic mass is 10.1. The summed E-state index contributed by atoms with van der Waals surface area (Å²) in [6.07, 6.45) is 1.63. The Kier molecular flexibility index (Phi) is 3.85. The molecule has 0 spiro atoms. The predicted molar refractivity (Wildman–Crippen MR) is 73.7 cm³/mol. The zero-order valence-electron chi connectivity index (χ0n) is 11.0. The first-order chi connectivity index (χ1) is 9.13. The first-order valence-corrected chi connectivity index (χ1v) is 5.94. The van der Waals surface area contributed by atoms with Crippen LogP contribution in [0.15, 0.2) is 36.0 Å². The van der Waals surface area contributed by atoms with Crippen LogP contribution in [0.4, 0.5) is 5.69 Å². The Balaban J connectivity index is 2.27. The van der Waals surface area contributed by atoms with Crippen LogP contribution in [0.5, 0.6) is 5.75 Å². The number of hydrogen-bond donors (Lipinski definition) is 0. The third kappa shape index (κ3) is 2.76. The van der Waals surface area contributed by atoms with E-state index in [1.807, 2.05) is 25.1 Å². The average molecular weight is 260 g/mol. The van der Waals surface area contributed by atoms with Gasteiger partial charge in [0.05, 0.1) is 11.4 Å². The highest BCUT2D eigenvalue weighted by Crippen LogP contribution is 2.32. The molecular formula is C14H16N2O3. The summed E-state index contributed by atoms with van der Waals surface area (Å²) in [7, 11) is 1.73. The van der Waals surface area contributed by atoms with Gasteiger partial charge in [0, 0.05) is 12.6 Å². The first kappa shape index (κ1) is 13.1. The molecule has 1 aliphatic rings. The zero-order chi connectivity index (χ0) is 13.8. The molecule has 100 valence electrons. The first-order valence-electron chi connectivity index (χ1n) is 5.94. The molecule has 0 bridgehead atoms. The summed E-state index contributed by atoms with van der Waals surface area (Å²) in [5.41, 5.74) is 2.36. The lowest BCUT2D eigenvalue weighted by Gasteiger charge is -2.26. The van der Waals surface area contributed by atoms with Crippen LogP contribution in [0.1, 0.15) is 12.5 Å². The third-order valence-corrected chi connectivity index (χ3v) is 2.86. The van der Waals surface area contributed by atoms with Crippen molar-refractivity contribution in [3.05, 3.63) is 36.4 Å². The van der Waals surface area contributed by atoms with Crippen molar-refractivity contribution in [2.24, 2.45) is 5.16 Å². The number of fused-ring (bicyclic) bond motifs is 1. The summed E-state index contributed by atoms with van der Waals surface area (Å²) in [4.78, 5) is 18.2. The summed E-state index contributed by atoms with van der Waals surface area (Å²) >= 11 is 0. The van der Waals surface area contributed by atoms with Crippen molar-refractivity contribution in [3.63, 3.8) is 0 Å². The molecule has 1 aromatic carbocycles. The molecule has 0 saturated carbocycles. The second-order valence-corrected chi connectivity index (χ2v) is 4.19. The van der Waals surface area contributed by atoms with Gasteiger partial charge in [0.1, 0.15) is 12.4 Å². The van der Waals surface area contributed by atoms with E-state index in [1.54, 1.807) is 18.0 Å². The van der Waals surface area contributed by atoms with Crippen LogP contribution in [-0.2, 0) is 9.63 Å². The van der Waals surface area contributed by atoms with Crippen LogP contribution in [0.3, 0.4) is 0 Å². The molecule has 5 nitrogen and oxygen atoms in total. The fourth-order valence-electron chi connectivity index (χ4n) is 1.74. The molecule has 0 atom stereocenters. The number of carbonyl (C=O) groups excluding carboxylic acids is 1. The third-order valence-electron chi connectivity index (χ3n) is 2.86. The van der Waals surface area contributed by atoms with E-state index in [-0.39, 0.29) is 12.5 Å². The van der Waals surface area contributed by atoms with Gasteiger partial charge in [0.25, 0.3) is 5.91 Å². The number of benzene rings is 1. The maximum absolute atomic E-state index is 11.6. The minimum Gasteiger partial charge on any atom is -0.482 e. The van der Waals surface area contributed by atoms with E-state index < -0.39 is 0 Å². The molecule has 5 heteroatoms. The molecule has 0 radical (unpaired) electrons. The number of ether oxygens (including phenoxy) is 1. The Hall–Kier alpha value is -2.30. The molecule has 19 heavy (non-hydrogen) atoms. The van der Waals surface area contributed by atoms with Gasteiger partial charge in [-0.15, -0.1) is 0 Å². The van der Waals surface area contributed by atoms with E-state index in [0.717, 1.165) is 17.0 Å². The van der Waals surface area contributed by atoms with Crippen molar-refractivity contribution in [3.8, 4) is 5.75 Å². The Bertz CT molecular complexity index is 537. The summed E-state index contributed by atoms with van der Waals surface area (Å²) in [5, 5.41) is 3.98. The van der Waals surface area contributed by atoms with Crippen LogP contribution in [0.2, 0.25) is 0 Å². The number of anilines is 1. The SMILES string of the molecule is C=CCO/N=C(\C)c1ccc2c(c1)N(C)C(=O)CO2. The molecule has 0 aromatic heterocycles. The quantitative estimate of drug-likeness (QED) is 0.360. The molecule has 0 N–H and O–H groups in total. The summed E-state index contributed by atoms with van der Waals surface area (Å²) < 4.78 is 5.36. The zero-order valence-corrected chi connectivity index (χ0v) is 11.0. The maximum Gasteiger partial charge on any atom is 0.264 e. The van der Waals surface area contributed by atoms with Crippen molar-refractivity contribution in [1.82, 2.24) is 0 Å². The van der Waals surface area contributed by atoms with Crippen LogP contribution < -0.4 is 9.64 Å². The fraction of sp³-hybridized carbons (Fsp3) is 0.286. The smallest absolute Gasteiger partial charge is 0.264 e. The highest BCUT2D eigenvalue weighted by molar-refractivity contribution is 6.02. The van der Waals surface area contributed by atoms with Crippen LogP contribution in [-0.4, -0.2) is 31.9 Å². The van der Waals surface area contributed by atoms with E-state index in [0.29, 0.717) is 12.4 Å². The summed E-state index contributed by atoms with van der Waals surface area (Å²) in [5.74, 6) is 0.632. The second-order valence-electron chi connectivity index (χ2n) is 4.19. The molecule has 0 saturated heterocycles. The molecule has 0 fully saturated rings. The number of hydrogen-bond acceptors (Lipinski definition) is 4. The topological polar surface area (TPSA) is 51.1 Å². The number of nitrogens with zero attached hydrogens (tertiary/aromatic N) is 2. The van der Waals surface area contributed by atoms with E-state index >= 15 is 0 Å². The van der Waals surface area contributed by atoms with Crippen LogP contribution in [0, 0.1) is 0 Å². The van der Waals surface area contributed by atoms with Gasteiger partial charge in [-0.05, 0) is 25.1 Å². The number of amides is 1. The van der Waals surface area contributed by atoms with Crippen molar-refractivity contribution >= 4 is 17.3 Å². The number of oxime groups is 1.